The average Bonchev–Trinajstić information content (AvgIpc) is 2.66. The maximum absolute atomic E-state index is 12.2. The van der Waals surface area contributed by atoms with Gasteiger partial charge in [0.2, 0.25) is 0 Å². The molecule has 1 aromatic carbocycles. The molecule has 0 atom stereocenters. The van der Waals surface area contributed by atoms with Gasteiger partial charge in [0, 0.05) is 18.2 Å². The molecular formula is C12H10N2O4S. The second-order valence-electron chi connectivity index (χ2n) is 4.36. The molecule has 2 heterocycles. The third-order valence-corrected chi connectivity index (χ3v) is 4.85. The first kappa shape index (κ1) is 11.9. The summed E-state index contributed by atoms with van der Waals surface area (Å²) in [5.41, 5.74) is 1.12. The molecule has 0 saturated carbocycles. The summed E-state index contributed by atoms with van der Waals surface area (Å²) < 4.78 is 25.8. The summed E-state index contributed by atoms with van der Waals surface area (Å²) in [7, 11) is -1.90. The zero-order chi connectivity index (χ0) is 13.8. The lowest BCUT2D eigenvalue weighted by Crippen LogP contribution is -2.15. The van der Waals surface area contributed by atoms with Crippen LogP contribution in [0.4, 0.5) is 0 Å². The van der Waals surface area contributed by atoms with Crippen molar-refractivity contribution in [3.63, 3.8) is 0 Å². The molecule has 98 valence electrons. The maximum Gasteiger partial charge on any atom is 0.356 e. The van der Waals surface area contributed by atoms with Crippen molar-refractivity contribution in [2.75, 3.05) is 0 Å². The highest BCUT2D eigenvalue weighted by molar-refractivity contribution is 7.90. The molecule has 0 saturated heterocycles. The number of hydrogen-bond donors (Lipinski definition) is 1. The summed E-state index contributed by atoms with van der Waals surface area (Å²) in [6.07, 6.45) is 0. The van der Waals surface area contributed by atoms with E-state index in [1.54, 1.807) is 25.2 Å². The minimum atomic E-state index is -3.51. The molecule has 0 fully saturated rings. The number of sulfone groups is 1. The number of benzene rings is 1. The minimum Gasteiger partial charge on any atom is -0.476 e. The van der Waals surface area contributed by atoms with Crippen LogP contribution in [0.1, 0.15) is 16.1 Å². The van der Waals surface area contributed by atoms with Gasteiger partial charge in [0.05, 0.1) is 16.3 Å². The number of nitrogens with zero attached hydrogens (tertiary/aromatic N) is 2. The molecule has 0 bridgehead atoms. The Bertz CT molecular complexity index is 805. The van der Waals surface area contributed by atoms with Gasteiger partial charge in [0.15, 0.2) is 15.5 Å². The predicted octanol–water partition coefficient (Wildman–Crippen LogP) is 1.07. The summed E-state index contributed by atoms with van der Waals surface area (Å²) >= 11 is 0. The fraction of sp³-hybridized carbons (Fsp3) is 0.167. The van der Waals surface area contributed by atoms with Gasteiger partial charge in [-0.1, -0.05) is 18.2 Å². The second-order valence-corrected chi connectivity index (χ2v) is 6.32. The fourth-order valence-electron chi connectivity index (χ4n) is 2.41. The van der Waals surface area contributed by atoms with Crippen LogP contribution in [0.3, 0.4) is 0 Å². The first-order chi connectivity index (χ1) is 8.92. The van der Waals surface area contributed by atoms with Crippen LogP contribution in [0.25, 0.3) is 11.3 Å². The highest BCUT2D eigenvalue weighted by Crippen LogP contribution is 2.38. The number of hydrogen-bond acceptors (Lipinski definition) is 4. The van der Waals surface area contributed by atoms with Crippen LogP contribution < -0.4 is 0 Å². The van der Waals surface area contributed by atoms with Gasteiger partial charge in [-0.3, -0.25) is 4.68 Å². The van der Waals surface area contributed by atoms with Gasteiger partial charge in [0.1, 0.15) is 0 Å². The van der Waals surface area contributed by atoms with Crippen LogP contribution in [-0.2, 0) is 22.6 Å². The Morgan fingerprint density at radius 2 is 2.05 bits per heavy atom. The van der Waals surface area contributed by atoms with Crippen molar-refractivity contribution in [1.29, 1.82) is 0 Å². The number of carbonyl (C=O) groups is 1. The average molecular weight is 278 g/mol. The zero-order valence-corrected chi connectivity index (χ0v) is 10.8. The number of fused-ring (bicyclic) bond motifs is 3. The van der Waals surface area contributed by atoms with Crippen LogP contribution in [0.15, 0.2) is 29.2 Å². The molecule has 7 heteroatoms. The lowest BCUT2D eigenvalue weighted by molar-refractivity contribution is 0.0689. The van der Waals surface area contributed by atoms with Crippen LogP contribution in [0.5, 0.6) is 0 Å². The zero-order valence-electron chi connectivity index (χ0n) is 9.99. The molecule has 0 radical (unpaired) electrons. The molecule has 3 rings (SSSR count). The van der Waals surface area contributed by atoms with Gasteiger partial charge in [-0.15, -0.1) is 0 Å². The third kappa shape index (κ3) is 1.58. The second kappa shape index (κ2) is 3.67. The summed E-state index contributed by atoms with van der Waals surface area (Å²) in [5, 5.41) is 13.0. The quantitative estimate of drug-likeness (QED) is 0.842. The maximum atomic E-state index is 12.2. The van der Waals surface area contributed by atoms with Gasteiger partial charge in [-0.2, -0.15) is 5.10 Å². The SMILES string of the molecule is Cn1nc(C(=O)O)c2c1-c1ccccc1S(=O)(=O)C2. The molecule has 2 aromatic rings. The highest BCUT2D eigenvalue weighted by Gasteiger charge is 2.34. The van der Waals surface area contributed by atoms with E-state index < -0.39 is 15.8 Å². The van der Waals surface area contributed by atoms with E-state index in [4.69, 9.17) is 5.11 Å². The molecular weight excluding hydrogens is 268 g/mol. The molecule has 1 aliphatic heterocycles. The van der Waals surface area contributed by atoms with E-state index in [2.05, 4.69) is 5.10 Å². The van der Waals surface area contributed by atoms with E-state index in [-0.39, 0.29) is 21.9 Å². The van der Waals surface area contributed by atoms with E-state index in [0.717, 1.165) is 0 Å². The molecule has 19 heavy (non-hydrogen) atoms. The normalized spacial score (nSPS) is 15.6. The van der Waals surface area contributed by atoms with Crippen molar-refractivity contribution >= 4 is 15.8 Å². The Morgan fingerprint density at radius 3 is 2.74 bits per heavy atom. The number of carboxylic acid groups (broad SMARTS) is 1. The summed E-state index contributed by atoms with van der Waals surface area (Å²) in [4.78, 5) is 11.4. The van der Waals surface area contributed by atoms with Crippen molar-refractivity contribution in [2.24, 2.45) is 7.05 Å². The Hall–Kier alpha value is -2.15. The predicted molar refractivity (Wildman–Crippen MR) is 66.5 cm³/mol. The smallest absolute Gasteiger partial charge is 0.356 e. The van der Waals surface area contributed by atoms with Crippen LogP contribution >= 0.6 is 0 Å². The van der Waals surface area contributed by atoms with E-state index in [1.165, 1.54) is 10.7 Å². The van der Waals surface area contributed by atoms with Crippen molar-refractivity contribution in [3.05, 3.63) is 35.5 Å². The Labute approximate surface area is 109 Å². The summed E-state index contributed by atoms with van der Waals surface area (Å²) in [6.45, 7) is 0. The lowest BCUT2D eigenvalue weighted by atomic mass is 10.1. The van der Waals surface area contributed by atoms with Gasteiger partial charge in [0.25, 0.3) is 0 Å². The van der Waals surface area contributed by atoms with Crippen molar-refractivity contribution in [3.8, 4) is 11.3 Å². The Balaban J connectivity index is 2.43. The number of aromatic nitrogens is 2. The molecule has 0 spiro atoms. The van der Waals surface area contributed by atoms with Gasteiger partial charge < -0.3 is 5.11 Å². The van der Waals surface area contributed by atoms with Crippen molar-refractivity contribution in [1.82, 2.24) is 9.78 Å². The first-order valence-corrected chi connectivity index (χ1v) is 7.18. The molecule has 0 unspecified atom stereocenters. The molecule has 1 aromatic heterocycles. The first-order valence-electron chi connectivity index (χ1n) is 5.53. The molecule has 6 nitrogen and oxygen atoms in total. The Morgan fingerprint density at radius 1 is 1.37 bits per heavy atom. The van der Waals surface area contributed by atoms with Crippen molar-refractivity contribution in [2.45, 2.75) is 10.6 Å². The fourth-order valence-corrected chi connectivity index (χ4v) is 4.01. The molecule has 1 aliphatic rings. The van der Waals surface area contributed by atoms with E-state index in [9.17, 15) is 13.2 Å². The monoisotopic (exact) mass is 278 g/mol. The summed E-state index contributed by atoms with van der Waals surface area (Å²) in [6, 6.07) is 6.56. The van der Waals surface area contributed by atoms with Crippen LogP contribution in [0.2, 0.25) is 0 Å². The highest BCUT2D eigenvalue weighted by atomic mass is 32.2. The Kier molecular flexibility index (Phi) is 2.30. The number of carboxylic acids is 1. The topological polar surface area (TPSA) is 89.3 Å². The lowest BCUT2D eigenvalue weighted by Gasteiger charge is -2.17. The van der Waals surface area contributed by atoms with E-state index in [0.29, 0.717) is 11.3 Å². The van der Waals surface area contributed by atoms with E-state index in [1.807, 2.05) is 0 Å². The van der Waals surface area contributed by atoms with Crippen LogP contribution in [-0.4, -0.2) is 29.3 Å². The summed E-state index contributed by atoms with van der Waals surface area (Å²) in [5.74, 6) is -1.54. The molecule has 1 N–H and O–H groups in total. The molecule has 0 aliphatic carbocycles. The molecule has 0 amide bonds. The van der Waals surface area contributed by atoms with E-state index >= 15 is 0 Å². The van der Waals surface area contributed by atoms with Crippen LogP contribution in [0, 0.1) is 0 Å². The minimum absolute atomic E-state index is 0.199. The van der Waals surface area contributed by atoms with Crippen molar-refractivity contribution < 1.29 is 18.3 Å². The standard InChI is InChI=1S/C12H10N2O4S/c1-14-11-7-4-2-3-5-9(7)19(17,18)6-8(11)10(13-14)12(15)16/h2-5H,6H2,1H3,(H,15,16). The number of rotatable bonds is 1. The van der Waals surface area contributed by atoms with Gasteiger partial charge in [-0.05, 0) is 6.07 Å². The van der Waals surface area contributed by atoms with Gasteiger partial charge >= 0.3 is 5.97 Å². The third-order valence-electron chi connectivity index (χ3n) is 3.16. The largest absolute Gasteiger partial charge is 0.476 e. The number of aryl methyl sites for hydroxylation is 1. The number of aromatic carboxylic acids is 1. The van der Waals surface area contributed by atoms with Gasteiger partial charge in [-0.25, -0.2) is 13.2 Å².